The van der Waals surface area contributed by atoms with Crippen LogP contribution in [0.15, 0.2) is 29.6 Å². The van der Waals surface area contributed by atoms with Crippen molar-refractivity contribution in [3.63, 3.8) is 0 Å². The highest BCUT2D eigenvalue weighted by molar-refractivity contribution is 7.12. The fourth-order valence-electron chi connectivity index (χ4n) is 2.21. The van der Waals surface area contributed by atoms with Crippen molar-refractivity contribution in [1.29, 1.82) is 5.26 Å². The molecule has 1 heterocycles. The number of hydrogen-bond donors (Lipinski definition) is 0. The third-order valence-corrected chi connectivity index (χ3v) is 4.09. The Bertz CT molecular complexity index is 646. The van der Waals surface area contributed by atoms with Gasteiger partial charge in [-0.05, 0) is 55.0 Å². The predicted molar refractivity (Wildman–Crippen MR) is 84.0 cm³/mol. The van der Waals surface area contributed by atoms with Crippen molar-refractivity contribution in [2.75, 3.05) is 6.61 Å². The van der Waals surface area contributed by atoms with E-state index in [4.69, 9.17) is 10.00 Å². The van der Waals surface area contributed by atoms with Crippen LogP contribution in [-0.4, -0.2) is 12.4 Å². The Balaban J connectivity index is 1.87. The number of thiophene rings is 1. The van der Waals surface area contributed by atoms with Crippen molar-refractivity contribution in [3.05, 3.63) is 51.2 Å². The summed E-state index contributed by atoms with van der Waals surface area (Å²) in [5.74, 6) is 0.986. The molecule has 0 aliphatic carbocycles. The first-order valence-corrected chi connectivity index (χ1v) is 7.70. The molecule has 0 bridgehead atoms. The minimum Gasteiger partial charge on any atom is -0.493 e. The van der Waals surface area contributed by atoms with Crippen molar-refractivity contribution in [3.8, 4) is 11.8 Å². The average Bonchev–Trinajstić information content (AvgIpc) is 2.99. The lowest BCUT2D eigenvalue weighted by Gasteiger charge is -2.12. The van der Waals surface area contributed by atoms with Gasteiger partial charge in [0.2, 0.25) is 0 Å². The average molecular weight is 299 g/mol. The molecule has 0 spiro atoms. The fraction of sp³-hybridized carbons (Fsp3) is 0.294. The Morgan fingerprint density at radius 3 is 2.62 bits per heavy atom. The summed E-state index contributed by atoms with van der Waals surface area (Å²) in [4.78, 5) is 12.7. The summed E-state index contributed by atoms with van der Waals surface area (Å²) in [7, 11) is 0. The number of ether oxygens (including phenoxy) is 1. The van der Waals surface area contributed by atoms with Crippen LogP contribution in [0.3, 0.4) is 0 Å². The van der Waals surface area contributed by atoms with Crippen LogP contribution < -0.4 is 4.74 Å². The largest absolute Gasteiger partial charge is 0.493 e. The molecular weight excluding hydrogens is 282 g/mol. The molecule has 1 aromatic carbocycles. The topological polar surface area (TPSA) is 50.1 Å². The summed E-state index contributed by atoms with van der Waals surface area (Å²) in [5.41, 5.74) is 2.55. The zero-order chi connectivity index (χ0) is 15.2. The summed E-state index contributed by atoms with van der Waals surface area (Å²) < 4.78 is 5.78. The monoisotopic (exact) mass is 299 g/mol. The standard InChI is InChI=1S/C17H17NO2S/c1-12-9-14(11-18)10-13(2)17(12)20-7-3-5-15(19)16-6-4-8-21-16/h4,6,8-10H,3,5,7H2,1-2H3. The maximum atomic E-state index is 11.9. The molecule has 108 valence electrons. The molecule has 0 fully saturated rings. The number of carbonyl (C=O) groups excluding carboxylic acids is 1. The van der Waals surface area contributed by atoms with Crippen LogP contribution in [0, 0.1) is 25.2 Å². The van der Waals surface area contributed by atoms with Gasteiger partial charge >= 0.3 is 0 Å². The molecule has 3 nitrogen and oxygen atoms in total. The fourth-order valence-corrected chi connectivity index (χ4v) is 2.90. The van der Waals surface area contributed by atoms with Crippen molar-refractivity contribution in [2.45, 2.75) is 26.7 Å². The van der Waals surface area contributed by atoms with Gasteiger partial charge in [-0.25, -0.2) is 0 Å². The zero-order valence-electron chi connectivity index (χ0n) is 12.2. The second-order valence-electron chi connectivity index (χ2n) is 4.90. The lowest BCUT2D eigenvalue weighted by Crippen LogP contribution is -2.04. The van der Waals surface area contributed by atoms with E-state index in [1.807, 2.05) is 43.5 Å². The van der Waals surface area contributed by atoms with Crippen LogP contribution in [-0.2, 0) is 0 Å². The first-order valence-electron chi connectivity index (χ1n) is 6.82. The molecular formula is C17H17NO2S. The lowest BCUT2D eigenvalue weighted by molar-refractivity contribution is 0.0977. The van der Waals surface area contributed by atoms with Gasteiger partial charge < -0.3 is 4.74 Å². The van der Waals surface area contributed by atoms with E-state index in [9.17, 15) is 4.79 Å². The highest BCUT2D eigenvalue weighted by Crippen LogP contribution is 2.25. The summed E-state index contributed by atoms with van der Waals surface area (Å²) >= 11 is 1.47. The minimum atomic E-state index is 0.168. The molecule has 2 aromatic rings. The van der Waals surface area contributed by atoms with E-state index in [1.54, 1.807) is 0 Å². The Morgan fingerprint density at radius 2 is 2.05 bits per heavy atom. The van der Waals surface area contributed by atoms with Gasteiger partial charge in [0.25, 0.3) is 0 Å². The van der Waals surface area contributed by atoms with Crippen LogP contribution in [0.2, 0.25) is 0 Å². The van der Waals surface area contributed by atoms with Crippen LogP contribution in [0.1, 0.15) is 39.2 Å². The van der Waals surface area contributed by atoms with E-state index in [-0.39, 0.29) is 5.78 Å². The van der Waals surface area contributed by atoms with Crippen molar-refractivity contribution in [2.24, 2.45) is 0 Å². The molecule has 0 radical (unpaired) electrons. The van der Waals surface area contributed by atoms with Gasteiger partial charge in [0, 0.05) is 6.42 Å². The molecule has 4 heteroatoms. The summed E-state index contributed by atoms with van der Waals surface area (Å²) in [6.45, 7) is 4.37. The second-order valence-corrected chi connectivity index (χ2v) is 5.85. The molecule has 0 atom stereocenters. The number of nitriles is 1. The maximum Gasteiger partial charge on any atom is 0.172 e. The zero-order valence-corrected chi connectivity index (χ0v) is 13.0. The van der Waals surface area contributed by atoms with E-state index in [2.05, 4.69) is 6.07 Å². The van der Waals surface area contributed by atoms with Gasteiger partial charge in [-0.3, -0.25) is 4.79 Å². The molecule has 0 N–H and O–H groups in total. The van der Waals surface area contributed by atoms with Gasteiger partial charge in [-0.2, -0.15) is 5.26 Å². The quantitative estimate of drug-likeness (QED) is 0.591. The first-order chi connectivity index (χ1) is 10.1. The predicted octanol–water partition coefficient (Wildman–Crippen LogP) is 4.28. The molecule has 0 saturated heterocycles. The first kappa shape index (κ1) is 15.3. The lowest BCUT2D eigenvalue weighted by atomic mass is 10.1. The van der Waals surface area contributed by atoms with Crippen LogP contribution in [0.25, 0.3) is 0 Å². The molecule has 1 aromatic heterocycles. The Kier molecular flexibility index (Phi) is 5.13. The van der Waals surface area contributed by atoms with Gasteiger partial charge in [-0.15, -0.1) is 11.3 Å². The van der Waals surface area contributed by atoms with Crippen LogP contribution >= 0.6 is 11.3 Å². The van der Waals surface area contributed by atoms with Crippen molar-refractivity contribution >= 4 is 17.1 Å². The molecule has 0 saturated carbocycles. The van der Waals surface area contributed by atoms with Gasteiger partial charge in [0.15, 0.2) is 5.78 Å². The molecule has 2 rings (SSSR count). The minimum absolute atomic E-state index is 0.168. The smallest absolute Gasteiger partial charge is 0.172 e. The van der Waals surface area contributed by atoms with Gasteiger partial charge in [-0.1, -0.05) is 6.07 Å². The molecule has 0 unspecified atom stereocenters. The number of ketones is 1. The number of aryl methyl sites for hydroxylation is 2. The molecule has 0 aliphatic rings. The van der Waals surface area contributed by atoms with E-state index < -0.39 is 0 Å². The Hall–Kier alpha value is -2.12. The number of rotatable bonds is 6. The number of benzene rings is 1. The summed E-state index contributed by atoms with van der Waals surface area (Å²) in [6.07, 6.45) is 1.19. The Morgan fingerprint density at radius 1 is 1.33 bits per heavy atom. The van der Waals surface area contributed by atoms with Crippen molar-refractivity contribution < 1.29 is 9.53 Å². The molecule has 0 aliphatic heterocycles. The molecule has 0 amide bonds. The van der Waals surface area contributed by atoms with Gasteiger partial charge in [0.05, 0.1) is 23.1 Å². The van der Waals surface area contributed by atoms with E-state index in [0.717, 1.165) is 21.8 Å². The number of hydrogen-bond acceptors (Lipinski definition) is 4. The van der Waals surface area contributed by atoms with Crippen LogP contribution in [0.5, 0.6) is 5.75 Å². The van der Waals surface area contributed by atoms with E-state index in [0.29, 0.717) is 25.0 Å². The summed E-state index contributed by atoms with van der Waals surface area (Å²) in [6, 6.07) is 9.51. The highest BCUT2D eigenvalue weighted by Gasteiger charge is 2.09. The Labute approximate surface area is 128 Å². The SMILES string of the molecule is Cc1cc(C#N)cc(C)c1OCCCC(=O)c1cccs1. The maximum absolute atomic E-state index is 11.9. The highest BCUT2D eigenvalue weighted by atomic mass is 32.1. The third kappa shape index (κ3) is 3.93. The normalized spacial score (nSPS) is 10.1. The van der Waals surface area contributed by atoms with Gasteiger partial charge in [0.1, 0.15) is 5.75 Å². The number of carbonyl (C=O) groups is 1. The van der Waals surface area contributed by atoms with Crippen LogP contribution in [0.4, 0.5) is 0 Å². The summed E-state index contributed by atoms with van der Waals surface area (Å²) in [5, 5.41) is 10.8. The van der Waals surface area contributed by atoms with Crippen molar-refractivity contribution in [1.82, 2.24) is 0 Å². The third-order valence-electron chi connectivity index (χ3n) is 3.18. The number of nitrogens with zero attached hydrogens (tertiary/aromatic N) is 1. The number of Topliss-reactive ketones (excluding diaryl/α,β-unsaturated/α-hetero) is 1. The van der Waals surface area contributed by atoms with E-state index >= 15 is 0 Å². The second kappa shape index (κ2) is 7.05. The van der Waals surface area contributed by atoms with E-state index in [1.165, 1.54) is 11.3 Å². The molecule has 21 heavy (non-hydrogen) atoms.